The molecule has 1 aromatic rings. The van der Waals surface area contributed by atoms with Crippen LogP contribution in [0.3, 0.4) is 0 Å². The maximum absolute atomic E-state index is 8.82. The lowest BCUT2D eigenvalue weighted by molar-refractivity contribution is 1.25. The lowest BCUT2D eigenvalue weighted by Gasteiger charge is -2.02. The molecule has 0 saturated carbocycles. The fourth-order valence-corrected chi connectivity index (χ4v) is 1.03. The molecule has 0 saturated heterocycles. The third-order valence-corrected chi connectivity index (χ3v) is 1.77. The van der Waals surface area contributed by atoms with E-state index in [1.54, 1.807) is 18.2 Å². The normalized spacial score (nSPS) is 8.06. The predicted octanol–water partition coefficient (Wildman–Crippen LogP) is 0.563. The molecule has 0 aliphatic carbocycles. The molecule has 0 atom stereocenters. The predicted molar refractivity (Wildman–Crippen MR) is 54.8 cm³/mol. The van der Waals surface area contributed by atoms with Crippen LogP contribution in [0, 0.1) is 39.4 Å². The second-order valence-corrected chi connectivity index (χ2v) is 2.65. The van der Waals surface area contributed by atoms with Crippen LogP contribution >= 0.6 is 0 Å². The molecule has 6 nitrogen and oxygen atoms in total. The van der Waals surface area contributed by atoms with Crippen LogP contribution in [-0.4, -0.2) is 10.9 Å². The molecule has 3 N–H and O–H groups in total. The van der Waals surface area contributed by atoms with Crippen molar-refractivity contribution in [1.29, 1.82) is 21.2 Å². The molecule has 0 radical (unpaired) electrons. The first-order valence-electron chi connectivity index (χ1n) is 3.98. The van der Waals surface area contributed by atoms with Crippen molar-refractivity contribution in [3.8, 4) is 18.2 Å². The molecule has 6 heteroatoms. The first-order chi connectivity index (χ1) is 7.67. The van der Waals surface area contributed by atoms with Gasteiger partial charge in [-0.05, 0) is 11.9 Å². The monoisotopic (exact) mass is 208 g/mol. The summed E-state index contributed by atoms with van der Waals surface area (Å²) in [4.78, 5) is 3.75. The zero-order chi connectivity index (χ0) is 12.1. The van der Waals surface area contributed by atoms with Gasteiger partial charge >= 0.3 is 0 Å². The summed E-state index contributed by atoms with van der Waals surface area (Å²) in [7, 11) is 0. The van der Waals surface area contributed by atoms with E-state index in [4.69, 9.17) is 26.9 Å². The van der Waals surface area contributed by atoms with Gasteiger partial charge in [-0.25, -0.2) is 4.98 Å². The minimum absolute atomic E-state index is 0.0158. The highest BCUT2D eigenvalue weighted by atomic mass is 14.8. The largest absolute Gasteiger partial charge is 0.383 e. The number of rotatable bonds is 1. The highest BCUT2D eigenvalue weighted by Crippen LogP contribution is 2.18. The fourth-order valence-electron chi connectivity index (χ4n) is 1.03. The Kier molecular flexibility index (Phi) is 3.01. The molecule has 0 bridgehead atoms. The Labute approximate surface area is 91.0 Å². The van der Waals surface area contributed by atoms with Gasteiger partial charge in [0.2, 0.25) is 0 Å². The van der Waals surface area contributed by atoms with Gasteiger partial charge in [0.1, 0.15) is 35.3 Å². The third kappa shape index (κ3) is 1.71. The lowest BCUT2D eigenvalue weighted by Crippen LogP contribution is -2.02. The third-order valence-electron chi connectivity index (χ3n) is 1.77. The summed E-state index contributed by atoms with van der Waals surface area (Å²) in [6.45, 7) is 0. The average molecular weight is 208 g/mol. The van der Waals surface area contributed by atoms with Crippen molar-refractivity contribution < 1.29 is 0 Å². The van der Waals surface area contributed by atoms with E-state index in [1.807, 2.05) is 5.87 Å². The first-order valence-corrected chi connectivity index (χ1v) is 3.98. The number of nitrogens with zero attached hydrogens (tertiary/aromatic N) is 4. The lowest BCUT2D eigenvalue weighted by atomic mass is 10.1. The fraction of sp³-hybridized carbons (Fsp3) is 0. The van der Waals surface area contributed by atoms with Crippen molar-refractivity contribution in [2.75, 3.05) is 5.73 Å². The van der Waals surface area contributed by atoms with Gasteiger partial charge in [0.25, 0.3) is 0 Å². The number of anilines is 1. The van der Waals surface area contributed by atoms with Crippen LogP contribution in [0.15, 0.2) is 6.07 Å². The van der Waals surface area contributed by atoms with Crippen molar-refractivity contribution in [2.24, 2.45) is 0 Å². The number of nitriles is 3. The molecule has 1 heterocycles. The van der Waals surface area contributed by atoms with Gasteiger partial charge in [0, 0.05) is 0 Å². The summed E-state index contributed by atoms with van der Waals surface area (Å²) in [5, 5.41) is 33.1. The Morgan fingerprint density at radius 2 is 1.88 bits per heavy atom. The quantitative estimate of drug-likeness (QED) is 0.513. The maximum Gasteiger partial charge on any atom is 0.142 e. The Bertz CT molecular complexity index is 616. The van der Waals surface area contributed by atoms with Gasteiger partial charge < -0.3 is 5.73 Å². The van der Waals surface area contributed by atoms with Crippen LogP contribution in [0.4, 0.5) is 5.82 Å². The number of hydrogen-bond donors (Lipinski definition) is 2. The van der Waals surface area contributed by atoms with Crippen LogP contribution in [0.2, 0.25) is 0 Å². The van der Waals surface area contributed by atoms with Crippen LogP contribution in [-0.2, 0) is 0 Å². The van der Waals surface area contributed by atoms with Crippen molar-refractivity contribution in [2.45, 2.75) is 0 Å². The number of pyridine rings is 1. The Morgan fingerprint density at radius 3 is 2.31 bits per heavy atom. The summed E-state index contributed by atoms with van der Waals surface area (Å²) in [5.74, 6) is 1.78. The molecule has 0 amide bonds. The van der Waals surface area contributed by atoms with Gasteiger partial charge in [-0.2, -0.15) is 15.8 Å². The van der Waals surface area contributed by atoms with Crippen LogP contribution < -0.4 is 5.73 Å². The molecule has 0 unspecified atom stereocenters. The first kappa shape index (κ1) is 10.9. The highest BCUT2D eigenvalue weighted by Gasteiger charge is 2.13. The second kappa shape index (κ2) is 4.39. The standard InChI is InChI=1S/C10H4N6/c11-2-6-1-7(3-12)10(15)16-9(6)8(4-13)5-14/h1,13H,(H2,15,16). The van der Waals surface area contributed by atoms with E-state index < -0.39 is 0 Å². The van der Waals surface area contributed by atoms with E-state index in [1.165, 1.54) is 6.07 Å². The number of nitrogens with one attached hydrogen (secondary N) is 1. The topological polar surface area (TPSA) is 134 Å². The maximum atomic E-state index is 8.82. The van der Waals surface area contributed by atoms with Crippen LogP contribution in [0.5, 0.6) is 0 Å². The van der Waals surface area contributed by atoms with Crippen molar-refractivity contribution >= 4 is 17.3 Å². The van der Waals surface area contributed by atoms with E-state index in [2.05, 4.69) is 4.98 Å². The second-order valence-electron chi connectivity index (χ2n) is 2.65. The molecule has 16 heavy (non-hydrogen) atoms. The van der Waals surface area contributed by atoms with Crippen LogP contribution in [0.1, 0.15) is 16.8 Å². The highest BCUT2D eigenvalue weighted by molar-refractivity contribution is 5.96. The van der Waals surface area contributed by atoms with E-state index in [0.717, 1.165) is 0 Å². The molecule has 1 rings (SSSR count). The molecule has 0 fully saturated rings. The van der Waals surface area contributed by atoms with Crippen molar-refractivity contribution in [3.63, 3.8) is 0 Å². The molecule has 74 valence electrons. The van der Waals surface area contributed by atoms with E-state index in [0.29, 0.717) is 0 Å². The van der Waals surface area contributed by atoms with Crippen molar-refractivity contribution in [1.82, 2.24) is 4.98 Å². The number of nitrogens with two attached hydrogens (primary N) is 1. The molecule has 0 aromatic carbocycles. The van der Waals surface area contributed by atoms with Crippen molar-refractivity contribution in [3.05, 3.63) is 22.9 Å². The van der Waals surface area contributed by atoms with Gasteiger partial charge in [-0.15, -0.1) is 0 Å². The van der Waals surface area contributed by atoms with Gasteiger partial charge in [0.05, 0.1) is 11.1 Å². The summed E-state index contributed by atoms with van der Waals surface area (Å²) in [5.41, 5.74) is 5.29. The zero-order valence-corrected chi connectivity index (χ0v) is 7.94. The molecule has 0 spiro atoms. The average Bonchev–Trinajstić information content (AvgIpc) is 2.31. The Hall–Kier alpha value is -3.13. The number of aromatic nitrogens is 1. The Balaban J connectivity index is 3.63. The molecule has 0 aliphatic rings. The molecular weight excluding hydrogens is 204 g/mol. The summed E-state index contributed by atoms with van der Waals surface area (Å²) >= 11 is 0. The van der Waals surface area contributed by atoms with Crippen LogP contribution in [0.25, 0.3) is 5.57 Å². The smallest absolute Gasteiger partial charge is 0.142 e. The SMILES string of the molecule is N#CC(=C=N)c1nc(N)c(C#N)cc1C#N. The summed E-state index contributed by atoms with van der Waals surface area (Å²) in [6.07, 6.45) is 0. The minimum Gasteiger partial charge on any atom is -0.383 e. The number of allylic oxidation sites excluding steroid dienone is 1. The van der Waals surface area contributed by atoms with Gasteiger partial charge in [0.15, 0.2) is 0 Å². The summed E-state index contributed by atoms with van der Waals surface area (Å²) < 4.78 is 0. The van der Waals surface area contributed by atoms with E-state index in [-0.39, 0.29) is 28.2 Å². The summed E-state index contributed by atoms with van der Waals surface area (Å²) in [6, 6.07) is 6.46. The van der Waals surface area contributed by atoms with Gasteiger partial charge in [-0.3, -0.25) is 5.41 Å². The number of nitrogen functional groups attached to an aromatic ring is 1. The Morgan fingerprint density at radius 1 is 1.25 bits per heavy atom. The number of hydrogen-bond acceptors (Lipinski definition) is 6. The van der Waals surface area contributed by atoms with Gasteiger partial charge in [-0.1, -0.05) is 0 Å². The molecule has 1 aromatic heterocycles. The molecule has 0 aliphatic heterocycles. The molecular formula is C10H4N6. The van der Waals surface area contributed by atoms with E-state index in [9.17, 15) is 0 Å². The minimum atomic E-state index is -0.201. The zero-order valence-electron chi connectivity index (χ0n) is 7.94. The van der Waals surface area contributed by atoms with E-state index >= 15 is 0 Å².